The highest BCUT2D eigenvalue weighted by Crippen LogP contribution is 2.35. The van der Waals surface area contributed by atoms with Crippen LogP contribution in [-0.4, -0.2) is 29.9 Å². The van der Waals surface area contributed by atoms with Crippen LogP contribution in [0.25, 0.3) is 11.6 Å². The third-order valence-electron chi connectivity index (χ3n) is 4.79. The second-order valence-corrected chi connectivity index (χ2v) is 6.94. The summed E-state index contributed by atoms with van der Waals surface area (Å²) in [6.45, 7) is 6.88. The zero-order chi connectivity index (χ0) is 20.3. The third kappa shape index (κ3) is 5.05. The summed E-state index contributed by atoms with van der Waals surface area (Å²) in [6.07, 6.45) is 3.79. The van der Waals surface area contributed by atoms with Crippen LogP contribution >= 0.6 is 12.4 Å². The molecule has 29 heavy (non-hydrogen) atoms. The van der Waals surface area contributed by atoms with Crippen molar-refractivity contribution in [2.45, 2.75) is 33.6 Å². The summed E-state index contributed by atoms with van der Waals surface area (Å²) in [6, 6.07) is 4.20. The summed E-state index contributed by atoms with van der Waals surface area (Å²) < 4.78 is 13.6. The number of anilines is 2. The molecule has 1 aliphatic rings. The van der Waals surface area contributed by atoms with Gasteiger partial charge in [0.2, 0.25) is 5.91 Å². The zero-order valence-electron chi connectivity index (χ0n) is 16.7. The maximum Gasteiger partial charge on any atom is 0.256 e. The largest absolute Gasteiger partial charge is 0.357 e. The van der Waals surface area contributed by atoms with Gasteiger partial charge in [-0.2, -0.15) is 0 Å². The van der Waals surface area contributed by atoms with Crippen LogP contribution in [0, 0.1) is 19.7 Å². The van der Waals surface area contributed by atoms with E-state index in [9.17, 15) is 14.0 Å². The van der Waals surface area contributed by atoms with E-state index in [4.69, 9.17) is 0 Å². The molecule has 1 aromatic carbocycles. The molecule has 8 heteroatoms. The fraction of sp³-hybridized carbons (Fsp3) is 0.333. The van der Waals surface area contributed by atoms with Crippen LogP contribution in [0.2, 0.25) is 0 Å². The van der Waals surface area contributed by atoms with Gasteiger partial charge in [0, 0.05) is 22.6 Å². The number of hydrogen-bond donors (Lipinski definition) is 4. The first kappa shape index (κ1) is 22.6. The molecule has 1 aliphatic heterocycles. The van der Waals surface area contributed by atoms with E-state index in [1.165, 1.54) is 12.1 Å². The second kappa shape index (κ2) is 9.71. The fourth-order valence-electron chi connectivity index (χ4n) is 3.24. The van der Waals surface area contributed by atoms with Gasteiger partial charge < -0.3 is 20.9 Å². The molecule has 3 rings (SSSR count). The van der Waals surface area contributed by atoms with Gasteiger partial charge in [0.1, 0.15) is 5.82 Å². The molecule has 2 heterocycles. The van der Waals surface area contributed by atoms with Gasteiger partial charge in [0.25, 0.3) is 5.91 Å². The summed E-state index contributed by atoms with van der Waals surface area (Å²) in [7, 11) is 0. The minimum atomic E-state index is -0.399. The SMILES string of the molecule is CCCCNCC(=O)Nc1c(C)[nH]c(/C=C2\C(=O)Nc3ccc(F)cc32)c1C.Cl. The highest BCUT2D eigenvalue weighted by molar-refractivity contribution is 6.34. The van der Waals surface area contributed by atoms with Crippen molar-refractivity contribution in [1.29, 1.82) is 0 Å². The topological polar surface area (TPSA) is 86.0 Å². The third-order valence-corrected chi connectivity index (χ3v) is 4.79. The number of amides is 2. The van der Waals surface area contributed by atoms with E-state index in [1.54, 1.807) is 12.1 Å². The van der Waals surface area contributed by atoms with Crippen LogP contribution in [0.15, 0.2) is 18.2 Å². The summed E-state index contributed by atoms with van der Waals surface area (Å²) >= 11 is 0. The Morgan fingerprint density at radius 1 is 1.28 bits per heavy atom. The van der Waals surface area contributed by atoms with E-state index >= 15 is 0 Å². The van der Waals surface area contributed by atoms with Crippen LogP contribution in [0.1, 0.15) is 42.3 Å². The van der Waals surface area contributed by atoms with Crippen LogP contribution < -0.4 is 16.0 Å². The molecule has 0 saturated heterocycles. The first-order valence-electron chi connectivity index (χ1n) is 9.43. The minimum Gasteiger partial charge on any atom is -0.357 e. The number of rotatable bonds is 7. The number of fused-ring (bicyclic) bond motifs is 1. The number of aromatic amines is 1. The van der Waals surface area contributed by atoms with Gasteiger partial charge in [-0.15, -0.1) is 12.4 Å². The van der Waals surface area contributed by atoms with E-state index in [-0.39, 0.29) is 30.8 Å². The summed E-state index contributed by atoms with van der Waals surface area (Å²) in [5, 5.41) is 8.76. The predicted octanol–water partition coefficient (Wildman–Crippen LogP) is 4.01. The maximum atomic E-state index is 13.6. The first-order valence-corrected chi connectivity index (χ1v) is 9.43. The smallest absolute Gasteiger partial charge is 0.256 e. The molecule has 4 N–H and O–H groups in total. The van der Waals surface area contributed by atoms with Gasteiger partial charge >= 0.3 is 0 Å². The molecule has 1 aromatic heterocycles. The number of carbonyl (C=O) groups excluding carboxylic acids is 2. The Morgan fingerprint density at radius 2 is 2.03 bits per heavy atom. The van der Waals surface area contributed by atoms with Crippen molar-refractivity contribution >= 4 is 47.2 Å². The van der Waals surface area contributed by atoms with Crippen molar-refractivity contribution in [1.82, 2.24) is 10.3 Å². The monoisotopic (exact) mass is 420 g/mol. The number of nitrogens with one attached hydrogen (secondary N) is 4. The molecule has 0 spiro atoms. The van der Waals surface area contributed by atoms with Crippen LogP contribution in [0.3, 0.4) is 0 Å². The van der Waals surface area contributed by atoms with E-state index in [2.05, 4.69) is 27.9 Å². The normalized spacial score (nSPS) is 13.8. The van der Waals surface area contributed by atoms with Crippen molar-refractivity contribution in [2.75, 3.05) is 23.7 Å². The van der Waals surface area contributed by atoms with Gasteiger partial charge in [-0.1, -0.05) is 13.3 Å². The fourth-order valence-corrected chi connectivity index (χ4v) is 3.24. The van der Waals surface area contributed by atoms with Crippen LogP contribution in [0.5, 0.6) is 0 Å². The van der Waals surface area contributed by atoms with E-state index < -0.39 is 5.82 Å². The van der Waals surface area contributed by atoms with Gasteiger partial charge in [-0.25, -0.2) is 4.39 Å². The number of hydrogen-bond acceptors (Lipinski definition) is 3. The molecular formula is C21H26ClFN4O2. The average Bonchev–Trinajstić information content (AvgIpc) is 3.10. The van der Waals surface area contributed by atoms with Crippen LogP contribution in [0.4, 0.5) is 15.8 Å². The van der Waals surface area contributed by atoms with Crippen molar-refractivity contribution in [3.05, 3.63) is 46.5 Å². The van der Waals surface area contributed by atoms with Crippen molar-refractivity contribution in [3.8, 4) is 0 Å². The lowest BCUT2D eigenvalue weighted by atomic mass is 10.0. The van der Waals surface area contributed by atoms with Gasteiger partial charge in [0.15, 0.2) is 0 Å². The Labute approximate surface area is 175 Å². The Balaban J connectivity index is 0.00000300. The summed E-state index contributed by atoms with van der Waals surface area (Å²) in [4.78, 5) is 27.7. The highest BCUT2D eigenvalue weighted by Gasteiger charge is 2.25. The quantitative estimate of drug-likeness (QED) is 0.403. The number of unbranched alkanes of at least 4 members (excludes halogenated alkanes) is 1. The molecule has 0 aliphatic carbocycles. The zero-order valence-corrected chi connectivity index (χ0v) is 17.6. The Hall–Kier alpha value is -2.64. The molecule has 2 amide bonds. The lowest BCUT2D eigenvalue weighted by molar-refractivity contribution is -0.115. The number of H-pyrrole nitrogens is 1. The standard InChI is InChI=1S/C21H25FN4O2.ClH/c1-4-5-8-23-11-19(27)26-20-12(2)18(24-13(20)3)10-16-15-9-14(22)6-7-17(15)25-21(16)28;/h6-7,9-10,23-24H,4-5,8,11H2,1-3H3,(H,25,28)(H,26,27);1H/b16-10-;. The van der Waals surface area contributed by atoms with Gasteiger partial charge in [0.05, 0.1) is 17.8 Å². The number of aryl methyl sites for hydroxylation is 1. The molecule has 2 aromatic rings. The van der Waals surface area contributed by atoms with E-state index in [0.29, 0.717) is 28.2 Å². The second-order valence-electron chi connectivity index (χ2n) is 6.94. The van der Waals surface area contributed by atoms with Gasteiger partial charge in [-0.3, -0.25) is 9.59 Å². The molecular weight excluding hydrogens is 395 g/mol. The number of carbonyl (C=O) groups is 2. The molecule has 156 valence electrons. The van der Waals surface area contributed by atoms with Crippen molar-refractivity contribution < 1.29 is 14.0 Å². The summed E-state index contributed by atoms with van der Waals surface area (Å²) in [5.74, 6) is -0.798. The predicted molar refractivity (Wildman–Crippen MR) is 117 cm³/mol. The number of aromatic nitrogens is 1. The van der Waals surface area contributed by atoms with Gasteiger partial charge in [-0.05, 0) is 56.7 Å². The average molecular weight is 421 g/mol. The summed E-state index contributed by atoms with van der Waals surface area (Å²) in [5.41, 5.74) is 4.53. The molecule has 0 fully saturated rings. The minimum absolute atomic E-state index is 0. The molecule has 0 unspecified atom stereocenters. The maximum absolute atomic E-state index is 13.6. The highest BCUT2D eigenvalue weighted by atomic mass is 35.5. The van der Waals surface area contributed by atoms with Crippen LogP contribution in [-0.2, 0) is 9.59 Å². The van der Waals surface area contributed by atoms with E-state index in [0.717, 1.165) is 30.6 Å². The Kier molecular flexibility index (Phi) is 7.59. The molecule has 0 atom stereocenters. The van der Waals surface area contributed by atoms with E-state index in [1.807, 2.05) is 13.8 Å². The van der Waals surface area contributed by atoms with Crippen molar-refractivity contribution in [2.24, 2.45) is 0 Å². The lowest BCUT2D eigenvalue weighted by Crippen LogP contribution is -2.29. The lowest BCUT2D eigenvalue weighted by Gasteiger charge is -2.07. The Bertz CT molecular complexity index is 952. The Morgan fingerprint density at radius 3 is 2.76 bits per heavy atom. The molecule has 0 bridgehead atoms. The number of benzene rings is 1. The molecule has 6 nitrogen and oxygen atoms in total. The molecule has 0 saturated carbocycles. The van der Waals surface area contributed by atoms with Crippen molar-refractivity contribution in [3.63, 3.8) is 0 Å². The number of halogens is 2. The first-order chi connectivity index (χ1) is 13.4. The molecule has 0 radical (unpaired) electrons.